The average Bonchev–Trinajstić information content (AvgIpc) is 2.41. The quantitative estimate of drug-likeness (QED) is 0.810. The Bertz CT molecular complexity index is 799. The molecule has 3 N–H and O–H groups in total. The summed E-state index contributed by atoms with van der Waals surface area (Å²) in [6.45, 7) is 2.94. The van der Waals surface area contributed by atoms with Crippen LogP contribution in [0, 0.1) is 12.7 Å². The summed E-state index contributed by atoms with van der Waals surface area (Å²) in [6.07, 6.45) is 0. The van der Waals surface area contributed by atoms with Gasteiger partial charge in [-0.15, -0.1) is 0 Å². The van der Waals surface area contributed by atoms with Crippen molar-refractivity contribution >= 4 is 23.2 Å². The molecule has 0 aliphatic heterocycles. The van der Waals surface area contributed by atoms with Gasteiger partial charge < -0.3 is 15.6 Å². The van der Waals surface area contributed by atoms with Gasteiger partial charge in [0.25, 0.3) is 11.5 Å². The van der Waals surface area contributed by atoms with Gasteiger partial charge in [0.05, 0.1) is 5.69 Å². The molecule has 0 unspecified atom stereocenters. The Morgan fingerprint density at radius 3 is 2.50 bits per heavy atom. The topological polar surface area (TPSA) is 91.1 Å². The van der Waals surface area contributed by atoms with Crippen LogP contribution in [0.4, 0.5) is 15.8 Å². The molecule has 6 nitrogen and oxygen atoms in total. The van der Waals surface area contributed by atoms with Crippen molar-refractivity contribution in [1.29, 1.82) is 0 Å². The molecule has 1 aromatic carbocycles. The summed E-state index contributed by atoms with van der Waals surface area (Å²) in [5.41, 5.74) is 0.271. The smallest absolute Gasteiger partial charge is 0.261 e. The van der Waals surface area contributed by atoms with E-state index < -0.39 is 23.2 Å². The number of rotatable bonds is 3. The standard InChI is InChI=1S/C15H14FN3O3/c1-8-3-5-11(14(21)17-8)15(22)19-10-4-6-12(16)13(7-10)18-9(2)20/h3-7H,1-2H3,(H,17,21)(H,18,20)(H,19,22). The Balaban J connectivity index is 2.25. The molecule has 0 aliphatic carbocycles. The number of carbonyl (C=O) groups excluding carboxylic acids is 2. The number of carbonyl (C=O) groups is 2. The average molecular weight is 303 g/mol. The predicted octanol–water partition coefficient (Wildman–Crippen LogP) is 2.03. The van der Waals surface area contributed by atoms with Gasteiger partial charge in [0.2, 0.25) is 5.91 Å². The summed E-state index contributed by atoms with van der Waals surface area (Å²) in [4.78, 5) is 37.3. The molecule has 1 heterocycles. The third-order valence-corrected chi connectivity index (χ3v) is 2.83. The number of hydrogen-bond donors (Lipinski definition) is 3. The van der Waals surface area contributed by atoms with E-state index in [9.17, 15) is 18.8 Å². The van der Waals surface area contributed by atoms with E-state index in [4.69, 9.17) is 0 Å². The highest BCUT2D eigenvalue weighted by Gasteiger charge is 2.12. The van der Waals surface area contributed by atoms with Gasteiger partial charge in [-0.3, -0.25) is 14.4 Å². The molecule has 1 aromatic heterocycles. The molecule has 0 saturated heterocycles. The molecule has 0 bridgehead atoms. The number of nitrogens with one attached hydrogen (secondary N) is 3. The summed E-state index contributed by atoms with van der Waals surface area (Å²) < 4.78 is 13.5. The monoisotopic (exact) mass is 303 g/mol. The van der Waals surface area contributed by atoms with E-state index >= 15 is 0 Å². The van der Waals surface area contributed by atoms with Crippen LogP contribution in [0.1, 0.15) is 23.0 Å². The van der Waals surface area contributed by atoms with Gasteiger partial charge in [-0.2, -0.15) is 0 Å². The zero-order valence-corrected chi connectivity index (χ0v) is 12.0. The number of aromatic amines is 1. The second kappa shape index (κ2) is 6.21. The van der Waals surface area contributed by atoms with Crippen LogP contribution < -0.4 is 16.2 Å². The summed E-state index contributed by atoms with van der Waals surface area (Å²) in [5.74, 6) is -1.68. The summed E-state index contributed by atoms with van der Waals surface area (Å²) in [7, 11) is 0. The molecular formula is C15H14FN3O3. The van der Waals surface area contributed by atoms with Crippen molar-refractivity contribution in [1.82, 2.24) is 4.98 Å². The van der Waals surface area contributed by atoms with E-state index in [1.165, 1.54) is 25.1 Å². The number of benzene rings is 1. The third kappa shape index (κ3) is 3.57. The Morgan fingerprint density at radius 1 is 1.14 bits per heavy atom. The van der Waals surface area contributed by atoms with Crippen molar-refractivity contribution < 1.29 is 14.0 Å². The molecule has 114 valence electrons. The van der Waals surface area contributed by atoms with Gasteiger partial charge in [-0.1, -0.05) is 0 Å². The van der Waals surface area contributed by atoms with E-state index in [0.29, 0.717) is 5.69 Å². The van der Waals surface area contributed by atoms with E-state index in [2.05, 4.69) is 15.6 Å². The molecule has 0 fully saturated rings. The number of halogens is 1. The maximum absolute atomic E-state index is 13.5. The summed E-state index contributed by atoms with van der Waals surface area (Å²) in [6, 6.07) is 6.73. The third-order valence-electron chi connectivity index (χ3n) is 2.83. The fourth-order valence-electron chi connectivity index (χ4n) is 1.84. The van der Waals surface area contributed by atoms with E-state index in [-0.39, 0.29) is 16.9 Å². The highest BCUT2D eigenvalue weighted by Crippen LogP contribution is 2.20. The Morgan fingerprint density at radius 2 is 1.86 bits per heavy atom. The van der Waals surface area contributed by atoms with Crippen LogP contribution in [0.2, 0.25) is 0 Å². The summed E-state index contributed by atoms with van der Waals surface area (Å²) >= 11 is 0. The first-order valence-electron chi connectivity index (χ1n) is 6.45. The minimum absolute atomic E-state index is 0.0527. The van der Waals surface area contributed by atoms with E-state index in [1.54, 1.807) is 13.0 Å². The van der Waals surface area contributed by atoms with Gasteiger partial charge in [-0.25, -0.2) is 4.39 Å². The lowest BCUT2D eigenvalue weighted by atomic mass is 10.2. The first-order valence-corrected chi connectivity index (χ1v) is 6.45. The Labute approximate surface area is 125 Å². The highest BCUT2D eigenvalue weighted by molar-refractivity contribution is 6.04. The van der Waals surface area contributed by atoms with Crippen LogP contribution >= 0.6 is 0 Å². The molecule has 0 atom stereocenters. The van der Waals surface area contributed by atoms with E-state index in [1.807, 2.05) is 0 Å². The number of hydrogen-bond acceptors (Lipinski definition) is 3. The van der Waals surface area contributed by atoms with Crippen molar-refractivity contribution in [2.24, 2.45) is 0 Å². The van der Waals surface area contributed by atoms with Crippen molar-refractivity contribution in [3.8, 4) is 0 Å². The fraction of sp³-hybridized carbons (Fsp3) is 0.133. The molecule has 2 rings (SSSR count). The Kier molecular flexibility index (Phi) is 4.36. The number of aromatic nitrogens is 1. The zero-order valence-electron chi connectivity index (χ0n) is 12.0. The number of amides is 2. The molecule has 2 amide bonds. The van der Waals surface area contributed by atoms with Crippen molar-refractivity contribution in [2.75, 3.05) is 10.6 Å². The molecular weight excluding hydrogens is 289 g/mol. The SMILES string of the molecule is CC(=O)Nc1cc(NC(=O)c2ccc(C)[nH]c2=O)ccc1F. The lowest BCUT2D eigenvalue weighted by molar-refractivity contribution is -0.114. The molecule has 2 aromatic rings. The normalized spacial score (nSPS) is 10.1. The zero-order chi connectivity index (χ0) is 16.3. The number of pyridine rings is 1. The Hall–Kier alpha value is -2.96. The number of H-pyrrole nitrogens is 1. The molecule has 0 saturated carbocycles. The molecule has 0 radical (unpaired) electrons. The fourth-order valence-corrected chi connectivity index (χ4v) is 1.84. The van der Waals surface area contributed by atoms with Crippen molar-refractivity contribution in [2.45, 2.75) is 13.8 Å². The number of aryl methyl sites for hydroxylation is 1. The van der Waals surface area contributed by atoms with Crippen LogP contribution in [-0.4, -0.2) is 16.8 Å². The maximum atomic E-state index is 13.5. The minimum atomic E-state index is -0.624. The molecule has 7 heteroatoms. The maximum Gasteiger partial charge on any atom is 0.261 e. The first kappa shape index (κ1) is 15.4. The van der Waals surface area contributed by atoms with Gasteiger partial charge >= 0.3 is 0 Å². The van der Waals surface area contributed by atoms with Gasteiger partial charge in [-0.05, 0) is 37.3 Å². The lowest BCUT2D eigenvalue weighted by Gasteiger charge is -2.09. The minimum Gasteiger partial charge on any atom is -0.326 e. The van der Waals surface area contributed by atoms with Crippen LogP contribution in [0.3, 0.4) is 0 Å². The molecule has 0 spiro atoms. The van der Waals surface area contributed by atoms with Crippen LogP contribution in [0.15, 0.2) is 35.1 Å². The van der Waals surface area contributed by atoms with Crippen molar-refractivity contribution in [3.63, 3.8) is 0 Å². The number of anilines is 2. The van der Waals surface area contributed by atoms with Crippen LogP contribution in [0.25, 0.3) is 0 Å². The largest absolute Gasteiger partial charge is 0.326 e. The van der Waals surface area contributed by atoms with Gasteiger partial charge in [0.1, 0.15) is 11.4 Å². The van der Waals surface area contributed by atoms with Crippen molar-refractivity contribution in [3.05, 3.63) is 57.8 Å². The predicted molar refractivity (Wildman–Crippen MR) is 80.5 cm³/mol. The lowest BCUT2D eigenvalue weighted by Crippen LogP contribution is -2.23. The van der Waals surface area contributed by atoms with Gasteiger partial charge in [0, 0.05) is 18.3 Å². The van der Waals surface area contributed by atoms with Gasteiger partial charge in [0.15, 0.2) is 0 Å². The highest BCUT2D eigenvalue weighted by atomic mass is 19.1. The second-order valence-electron chi connectivity index (χ2n) is 4.71. The second-order valence-corrected chi connectivity index (χ2v) is 4.71. The van der Waals surface area contributed by atoms with E-state index in [0.717, 1.165) is 6.07 Å². The molecule has 0 aliphatic rings. The van der Waals surface area contributed by atoms with Crippen LogP contribution in [-0.2, 0) is 4.79 Å². The first-order chi connectivity index (χ1) is 10.4. The summed E-state index contributed by atoms with van der Waals surface area (Å²) in [5, 5.41) is 4.79. The van der Waals surface area contributed by atoms with Crippen LogP contribution in [0.5, 0.6) is 0 Å². The molecule has 22 heavy (non-hydrogen) atoms.